The summed E-state index contributed by atoms with van der Waals surface area (Å²) < 4.78 is 16.9. The van der Waals surface area contributed by atoms with Crippen molar-refractivity contribution in [1.82, 2.24) is 9.80 Å². The van der Waals surface area contributed by atoms with E-state index in [0.29, 0.717) is 30.2 Å². The lowest BCUT2D eigenvalue weighted by Crippen LogP contribution is -2.47. The molecular weight excluding hydrogens is 410 g/mol. The summed E-state index contributed by atoms with van der Waals surface area (Å²) >= 11 is 0. The number of ether oxygens (including phenoxy) is 3. The quantitative estimate of drug-likeness (QED) is 0.722. The molecule has 1 fully saturated rings. The number of fused-ring (bicyclic) bond motifs is 1. The number of rotatable bonds is 6. The molecule has 2 aliphatic rings. The van der Waals surface area contributed by atoms with Crippen LogP contribution in [0, 0.1) is 11.8 Å². The lowest BCUT2D eigenvalue weighted by Gasteiger charge is -2.36. The Morgan fingerprint density at radius 1 is 1.22 bits per heavy atom. The van der Waals surface area contributed by atoms with Gasteiger partial charge in [0.25, 0.3) is 5.91 Å². The van der Waals surface area contributed by atoms with Crippen molar-refractivity contribution >= 4 is 17.5 Å². The van der Waals surface area contributed by atoms with Crippen LogP contribution in [0.15, 0.2) is 18.2 Å². The largest absolute Gasteiger partial charge is 0.491 e. The van der Waals surface area contributed by atoms with Crippen molar-refractivity contribution in [2.45, 2.75) is 38.8 Å². The summed E-state index contributed by atoms with van der Waals surface area (Å²) in [5, 5.41) is 2.78. The van der Waals surface area contributed by atoms with E-state index < -0.39 is 0 Å². The Morgan fingerprint density at radius 3 is 2.62 bits per heavy atom. The Bertz CT molecular complexity index is 798. The summed E-state index contributed by atoms with van der Waals surface area (Å²) in [6.07, 6.45) is 2.52. The van der Waals surface area contributed by atoms with Gasteiger partial charge in [0.15, 0.2) is 0 Å². The number of hydrogen-bond acceptors (Lipinski definition) is 6. The highest BCUT2D eigenvalue weighted by molar-refractivity contribution is 5.98. The molecule has 1 aliphatic heterocycles. The molecule has 32 heavy (non-hydrogen) atoms. The van der Waals surface area contributed by atoms with Gasteiger partial charge in [-0.3, -0.25) is 14.5 Å². The van der Waals surface area contributed by atoms with Gasteiger partial charge in [-0.1, -0.05) is 6.92 Å². The van der Waals surface area contributed by atoms with Crippen molar-refractivity contribution in [3.05, 3.63) is 23.8 Å². The molecule has 8 heteroatoms. The number of benzene rings is 1. The molecule has 178 valence electrons. The second-order valence-corrected chi connectivity index (χ2v) is 9.19. The summed E-state index contributed by atoms with van der Waals surface area (Å²) in [7, 11) is 4.97. The molecule has 1 saturated carbocycles. The van der Waals surface area contributed by atoms with Gasteiger partial charge in [-0.05, 0) is 43.7 Å². The van der Waals surface area contributed by atoms with E-state index in [1.807, 2.05) is 0 Å². The first-order valence-corrected chi connectivity index (χ1v) is 11.4. The Hall–Kier alpha value is -2.16. The third-order valence-corrected chi connectivity index (χ3v) is 6.32. The molecule has 3 atom stereocenters. The molecule has 1 aromatic rings. The predicted octanol–water partition coefficient (Wildman–Crippen LogP) is 2.49. The van der Waals surface area contributed by atoms with E-state index in [1.165, 1.54) is 20.0 Å². The molecule has 0 bridgehead atoms. The van der Waals surface area contributed by atoms with Crippen molar-refractivity contribution in [2.75, 3.05) is 59.4 Å². The monoisotopic (exact) mass is 447 g/mol. The summed E-state index contributed by atoms with van der Waals surface area (Å²) in [4.78, 5) is 29.3. The van der Waals surface area contributed by atoms with Crippen LogP contribution in [0.5, 0.6) is 5.75 Å². The van der Waals surface area contributed by atoms with Gasteiger partial charge in [-0.2, -0.15) is 0 Å². The third-order valence-electron chi connectivity index (χ3n) is 6.32. The van der Waals surface area contributed by atoms with Crippen LogP contribution in [0.25, 0.3) is 0 Å². The predicted molar refractivity (Wildman–Crippen MR) is 123 cm³/mol. The molecule has 8 nitrogen and oxygen atoms in total. The highest BCUT2D eigenvalue weighted by Gasteiger charge is 2.31. The SMILES string of the molecule is COCC(=O)Nc1ccc2c(c1)OC[C@H](C)N(CC1CC1)C[C@@H](C)[C@H](OC)CN(C)C2=O. The minimum absolute atomic E-state index is 0.0383. The van der Waals surface area contributed by atoms with Gasteiger partial charge in [-0.15, -0.1) is 0 Å². The molecule has 1 aliphatic carbocycles. The molecule has 0 saturated heterocycles. The van der Waals surface area contributed by atoms with Gasteiger partial charge in [0, 0.05) is 58.7 Å². The van der Waals surface area contributed by atoms with Crippen molar-refractivity contribution in [3.8, 4) is 5.75 Å². The number of likely N-dealkylation sites (N-methyl/N-ethyl adjacent to an activating group) is 1. The summed E-state index contributed by atoms with van der Waals surface area (Å²) in [5.74, 6) is 1.11. The van der Waals surface area contributed by atoms with E-state index in [0.717, 1.165) is 19.0 Å². The first-order chi connectivity index (χ1) is 15.3. The van der Waals surface area contributed by atoms with Gasteiger partial charge >= 0.3 is 0 Å². The minimum atomic E-state index is -0.259. The van der Waals surface area contributed by atoms with Crippen LogP contribution >= 0.6 is 0 Å². The summed E-state index contributed by atoms with van der Waals surface area (Å²) in [6, 6.07) is 5.32. The fraction of sp³-hybridized carbons (Fsp3) is 0.667. The molecular formula is C24H37N3O5. The third kappa shape index (κ3) is 6.43. The van der Waals surface area contributed by atoms with Crippen molar-refractivity contribution in [2.24, 2.45) is 11.8 Å². The van der Waals surface area contributed by atoms with Crippen molar-refractivity contribution in [3.63, 3.8) is 0 Å². The molecule has 2 amide bonds. The number of anilines is 1. The molecule has 0 unspecified atom stereocenters. The fourth-order valence-corrected chi connectivity index (χ4v) is 4.14. The van der Waals surface area contributed by atoms with Crippen LogP contribution in [0.1, 0.15) is 37.0 Å². The zero-order valence-electron chi connectivity index (χ0n) is 19.9. The Labute approximate surface area is 191 Å². The number of amides is 2. The normalized spacial score (nSPS) is 25.3. The van der Waals surface area contributed by atoms with Crippen LogP contribution in [-0.2, 0) is 14.3 Å². The zero-order chi connectivity index (χ0) is 23.3. The lowest BCUT2D eigenvalue weighted by atomic mass is 10.0. The zero-order valence-corrected chi connectivity index (χ0v) is 19.9. The van der Waals surface area contributed by atoms with E-state index in [-0.39, 0.29) is 36.5 Å². The molecule has 0 aromatic heterocycles. The van der Waals surface area contributed by atoms with Crippen LogP contribution in [0.2, 0.25) is 0 Å². The number of hydrogen-bond donors (Lipinski definition) is 1. The number of methoxy groups -OCH3 is 2. The van der Waals surface area contributed by atoms with Gasteiger partial charge in [0.2, 0.25) is 5.91 Å². The van der Waals surface area contributed by atoms with Gasteiger partial charge in [0.05, 0.1) is 11.7 Å². The van der Waals surface area contributed by atoms with Gasteiger partial charge < -0.3 is 24.4 Å². The smallest absolute Gasteiger partial charge is 0.257 e. The number of nitrogens with one attached hydrogen (secondary N) is 1. The lowest BCUT2D eigenvalue weighted by molar-refractivity contribution is -0.119. The van der Waals surface area contributed by atoms with Gasteiger partial charge in [-0.25, -0.2) is 0 Å². The van der Waals surface area contributed by atoms with E-state index in [2.05, 4.69) is 24.1 Å². The van der Waals surface area contributed by atoms with Gasteiger partial charge in [0.1, 0.15) is 19.0 Å². The first kappa shape index (κ1) is 24.5. The number of nitrogens with zero attached hydrogens (tertiary/aromatic N) is 2. The number of carbonyl (C=O) groups excluding carboxylic acids is 2. The Kier molecular flexibility index (Phi) is 8.51. The second kappa shape index (κ2) is 11.1. The van der Waals surface area contributed by atoms with E-state index in [4.69, 9.17) is 14.2 Å². The molecule has 1 aromatic carbocycles. The van der Waals surface area contributed by atoms with Crippen LogP contribution in [0.4, 0.5) is 5.69 Å². The van der Waals surface area contributed by atoms with Crippen LogP contribution in [-0.4, -0.2) is 87.9 Å². The minimum Gasteiger partial charge on any atom is -0.491 e. The first-order valence-electron chi connectivity index (χ1n) is 11.4. The fourth-order valence-electron chi connectivity index (χ4n) is 4.14. The average Bonchev–Trinajstić information content (AvgIpc) is 3.58. The maximum Gasteiger partial charge on any atom is 0.257 e. The van der Waals surface area contributed by atoms with E-state index in [1.54, 1.807) is 37.3 Å². The molecule has 1 heterocycles. The van der Waals surface area contributed by atoms with Crippen molar-refractivity contribution in [1.29, 1.82) is 0 Å². The highest BCUT2D eigenvalue weighted by Crippen LogP contribution is 2.32. The summed E-state index contributed by atoms with van der Waals surface area (Å²) in [5.41, 5.74) is 1.04. The van der Waals surface area contributed by atoms with Crippen LogP contribution < -0.4 is 10.1 Å². The maximum atomic E-state index is 13.2. The average molecular weight is 448 g/mol. The topological polar surface area (TPSA) is 80.3 Å². The van der Waals surface area contributed by atoms with Crippen LogP contribution in [0.3, 0.4) is 0 Å². The molecule has 0 spiro atoms. The molecule has 0 radical (unpaired) electrons. The Morgan fingerprint density at radius 2 is 1.97 bits per heavy atom. The number of carbonyl (C=O) groups is 2. The highest BCUT2D eigenvalue weighted by atomic mass is 16.5. The molecule has 1 N–H and O–H groups in total. The summed E-state index contributed by atoms with van der Waals surface area (Å²) in [6.45, 7) is 7.21. The van der Waals surface area contributed by atoms with E-state index in [9.17, 15) is 9.59 Å². The standard InChI is InChI=1S/C24H37N3O5/c1-16-11-27(12-18-6-7-18)17(2)14-32-21-10-19(25-23(28)15-30-4)8-9-20(21)24(29)26(3)13-22(16)31-5/h8-10,16-18,22H,6-7,11-15H2,1-5H3,(H,25,28)/t16-,17+,22-/m1/s1. The molecule has 3 rings (SSSR count). The Balaban J connectivity index is 1.89. The second-order valence-electron chi connectivity index (χ2n) is 9.19. The van der Waals surface area contributed by atoms with E-state index >= 15 is 0 Å². The van der Waals surface area contributed by atoms with Crippen molar-refractivity contribution < 1.29 is 23.8 Å². The maximum absolute atomic E-state index is 13.2.